The van der Waals surface area contributed by atoms with Crippen LogP contribution in [-0.4, -0.2) is 4.98 Å². The molecule has 0 bridgehead atoms. The summed E-state index contributed by atoms with van der Waals surface area (Å²) in [6.45, 7) is 1.93. The molecule has 3 N–H and O–H groups in total. The average molecular weight is 267 g/mol. The highest BCUT2D eigenvalue weighted by molar-refractivity contribution is 5.99. The molecule has 0 spiro atoms. The number of rotatable bonds is 2. The zero-order valence-electron chi connectivity index (χ0n) is 11.0. The lowest BCUT2D eigenvalue weighted by Gasteiger charge is -2.12. The van der Waals surface area contributed by atoms with Crippen molar-refractivity contribution in [2.24, 2.45) is 0 Å². The lowest BCUT2D eigenvalue weighted by atomic mass is 10.1. The van der Waals surface area contributed by atoms with Crippen molar-refractivity contribution in [3.05, 3.63) is 60.0 Å². The van der Waals surface area contributed by atoms with Crippen LogP contribution < -0.4 is 11.1 Å². The van der Waals surface area contributed by atoms with Crippen molar-refractivity contribution in [3.8, 4) is 0 Å². The number of benzene rings is 2. The SMILES string of the molecule is Cc1ccc(F)cc1Nc1ccc(N)c2cccnc12. The van der Waals surface area contributed by atoms with Crippen molar-refractivity contribution in [2.45, 2.75) is 6.92 Å². The predicted molar refractivity (Wildman–Crippen MR) is 80.6 cm³/mol. The number of fused-ring (bicyclic) bond motifs is 1. The number of hydrogen-bond acceptors (Lipinski definition) is 3. The number of halogens is 1. The fourth-order valence-electron chi connectivity index (χ4n) is 2.17. The van der Waals surface area contributed by atoms with E-state index in [1.165, 1.54) is 12.1 Å². The Morgan fingerprint density at radius 3 is 2.80 bits per heavy atom. The minimum Gasteiger partial charge on any atom is -0.398 e. The first-order chi connectivity index (χ1) is 9.65. The third-order valence-electron chi connectivity index (χ3n) is 3.27. The van der Waals surface area contributed by atoms with Crippen LogP contribution in [-0.2, 0) is 0 Å². The molecule has 20 heavy (non-hydrogen) atoms. The van der Waals surface area contributed by atoms with Crippen LogP contribution in [0.2, 0.25) is 0 Å². The Bertz CT molecular complexity index is 784. The molecule has 1 aromatic heterocycles. The van der Waals surface area contributed by atoms with Crippen LogP contribution in [0, 0.1) is 12.7 Å². The fourth-order valence-corrected chi connectivity index (χ4v) is 2.17. The van der Waals surface area contributed by atoms with Crippen LogP contribution in [0.1, 0.15) is 5.56 Å². The Labute approximate surface area is 116 Å². The summed E-state index contributed by atoms with van der Waals surface area (Å²) in [6, 6.07) is 12.1. The van der Waals surface area contributed by atoms with Crippen molar-refractivity contribution >= 4 is 28.0 Å². The van der Waals surface area contributed by atoms with Gasteiger partial charge in [-0.2, -0.15) is 0 Å². The van der Waals surface area contributed by atoms with E-state index in [2.05, 4.69) is 10.3 Å². The maximum absolute atomic E-state index is 13.4. The van der Waals surface area contributed by atoms with Crippen molar-refractivity contribution in [1.29, 1.82) is 0 Å². The molecule has 3 nitrogen and oxygen atoms in total. The van der Waals surface area contributed by atoms with E-state index in [0.29, 0.717) is 5.69 Å². The van der Waals surface area contributed by atoms with E-state index in [4.69, 9.17) is 5.73 Å². The molecule has 0 saturated heterocycles. The fraction of sp³-hybridized carbons (Fsp3) is 0.0625. The highest BCUT2D eigenvalue weighted by Gasteiger charge is 2.07. The molecule has 1 heterocycles. The molecule has 100 valence electrons. The van der Waals surface area contributed by atoms with Crippen molar-refractivity contribution in [1.82, 2.24) is 4.98 Å². The average Bonchev–Trinajstić information content (AvgIpc) is 2.46. The number of hydrogen-bond donors (Lipinski definition) is 2. The van der Waals surface area contributed by atoms with Gasteiger partial charge in [-0.15, -0.1) is 0 Å². The van der Waals surface area contributed by atoms with Gasteiger partial charge in [0, 0.05) is 23.0 Å². The number of pyridine rings is 1. The third-order valence-corrected chi connectivity index (χ3v) is 3.27. The molecule has 0 atom stereocenters. The summed E-state index contributed by atoms with van der Waals surface area (Å²) < 4.78 is 13.4. The van der Waals surface area contributed by atoms with Crippen molar-refractivity contribution in [3.63, 3.8) is 0 Å². The summed E-state index contributed by atoms with van der Waals surface area (Å²) in [5.74, 6) is -0.272. The molecular weight excluding hydrogens is 253 g/mol. The molecular formula is C16H14FN3. The smallest absolute Gasteiger partial charge is 0.125 e. The Balaban J connectivity index is 2.11. The normalized spacial score (nSPS) is 10.7. The lowest BCUT2D eigenvalue weighted by molar-refractivity contribution is 0.628. The number of nitrogens with two attached hydrogens (primary N) is 1. The molecule has 0 aliphatic rings. The number of nitrogens with one attached hydrogen (secondary N) is 1. The summed E-state index contributed by atoms with van der Waals surface area (Å²) in [6.07, 6.45) is 1.71. The van der Waals surface area contributed by atoms with Gasteiger partial charge < -0.3 is 11.1 Å². The highest BCUT2D eigenvalue weighted by atomic mass is 19.1. The van der Waals surface area contributed by atoms with E-state index in [9.17, 15) is 4.39 Å². The molecule has 4 heteroatoms. The molecule has 0 aliphatic heterocycles. The van der Waals surface area contributed by atoms with E-state index in [-0.39, 0.29) is 5.82 Å². The molecule has 0 saturated carbocycles. The molecule has 0 aliphatic carbocycles. The number of aryl methyl sites for hydroxylation is 1. The maximum Gasteiger partial charge on any atom is 0.125 e. The van der Waals surface area contributed by atoms with Crippen LogP contribution in [0.5, 0.6) is 0 Å². The molecule has 0 fully saturated rings. The van der Waals surface area contributed by atoms with Crippen LogP contribution >= 0.6 is 0 Å². The minimum absolute atomic E-state index is 0.272. The Morgan fingerprint density at radius 1 is 1.10 bits per heavy atom. The van der Waals surface area contributed by atoms with E-state index in [1.54, 1.807) is 12.3 Å². The topological polar surface area (TPSA) is 50.9 Å². The highest BCUT2D eigenvalue weighted by Crippen LogP contribution is 2.29. The van der Waals surface area contributed by atoms with E-state index in [0.717, 1.165) is 27.8 Å². The second-order valence-electron chi connectivity index (χ2n) is 4.69. The van der Waals surface area contributed by atoms with Gasteiger partial charge in [-0.05, 0) is 48.9 Å². The third kappa shape index (κ3) is 2.16. The quantitative estimate of drug-likeness (QED) is 0.690. The van der Waals surface area contributed by atoms with Gasteiger partial charge in [0.1, 0.15) is 5.82 Å². The van der Waals surface area contributed by atoms with Crippen LogP contribution in [0.3, 0.4) is 0 Å². The van der Waals surface area contributed by atoms with Gasteiger partial charge in [-0.25, -0.2) is 4.39 Å². The van der Waals surface area contributed by atoms with Crippen LogP contribution in [0.4, 0.5) is 21.5 Å². The number of nitrogens with zero attached hydrogens (tertiary/aromatic N) is 1. The van der Waals surface area contributed by atoms with Crippen LogP contribution in [0.15, 0.2) is 48.7 Å². The van der Waals surface area contributed by atoms with Gasteiger partial charge in [0.2, 0.25) is 0 Å². The zero-order valence-corrected chi connectivity index (χ0v) is 11.0. The predicted octanol–water partition coefficient (Wildman–Crippen LogP) is 4.01. The molecule has 3 rings (SSSR count). The summed E-state index contributed by atoms with van der Waals surface area (Å²) in [5, 5.41) is 4.11. The first kappa shape index (κ1) is 12.4. The van der Waals surface area contributed by atoms with Gasteiger partial charge in [0.25, 0.3) is 0 Å². The lowest BCUT2D eigenvalue weighted by Crippen LogP contribution is -1.97. The monoisotopic (exact) mass is 267 g/mol. The molecule has 2 aromatic carbocycles. The summed E-state index contributed by atoms with van der Waals surface area (Å²) in [5.41, 5.74) is 9.89. The standard InChI is InChI=1S/C16H14FN3/c1-10-4-5-11(17)9-15(10)20-14-7-6-13(18)12-3-2-8-19-16(12)14/h2-9,20H,18H2,1H3. The van der Waals surface area contributed by atoms with Gasteiger partial charge >= 0.3 is 0 Å². The molecule has 0 radical (unpaired) electrons. The Hall–Kier alpha value is -2.62. The maximum atomic E-state index is 13.4. The van der Waals surface area contributed by atoms with Gasteiger partial charge in [-0.3, -0.25) is 4.98 Å². The first-order valence-electron chi connectivity index (χ1n) is 6.31. The second-order valence-corrected chi connectivity index (χ2v) is 4.69. The van der Waals surface area contributed by atoms with Crippen molar-refractivity contribution < 1.29 is 4.39 Å². The van der Waals surface area contributed by atoms with Crippen LogP contribution in [0.25, 0.3) is 10.9 Å². The van der Waals surface area contributed by atoms with Gasteiger partial charge in [0.05, 0.1) is 11.2 Å². The van der Waals surface area contributed by atoms with E-state index < -0.39 is 0 Å². The van der Waals surface area contributed by atoms with Crippen molar-refractivity contribution in [2.75, 3.05) is 11.1 Å². The van der Waals surface area contributed by atoms with Gasteiger partial charge in [0.15, 0.2) is 0 Å². The summed E-state index contributed by atoms with van der Waals surface area (Å²) in [7, 11) is 0. The minimum atomic E-state index is -0.272. The molecule has 0 amide bonds. The second kappa shape index (κ2) is 4.81. The Morgan fingerprint density at radius 2 is 1.95 bits per heavy atom. The zero-order chi connectivity index (χ0) is 14.1. The molecule has 3 aromatic rings. The summed E-state index contributed by atoms with van der Waals surface area (Å²) >= 11 is 0. The van der Waals surface area contributed by atoms with Gasteiger partial charge in [-0.1, -0.05) is 6.07 Å². The number of anilines is 3. The first-order valence-corrected chi connectivity index (χ1v) is 6.31. The largest absolute Gasteiger partial charge is 0.398 e. The number of nitrogen functional groups attached to an aromatic ring is 1. The summed E-state index contributed by atoms with van der Waals surface area (Å²) in [4.78, 5) is 4.35. The molecule has 0 unspecified atom stereocenters. The Kier molecular flexibility index (Phi) is 2.99. The van der Waals surface area contributed by atoms with E-state index >= 15 is 0 Å². The van der Waals surface area contributed by atoms with E-state index in [1.807, 2.05) is 31.2 Å². The number of aromatic nitrogens is 1.